The van der Waals surface area contributed by atoms with Crippen LogP contribution in [-0.4, -0.2) is 30.8 Å². The number of anilines is 1. The van der Waals surface area contributed by atoms with E-state index in [0.717, 1.165) is 29.7 Å². The number of nitrogens with one attached hydrogen (secondary N) is 1. The summed E-state index contributed by atoms with van der Waals surface area (Å²) in [7, 11) is 0. The molecule has 1 saturated heterocycles. The zero-order chi connectivity index (χ0) is 15.1. The number of amides is 1. The number of benzene rings is 1. The van der Waals surface area contributed by atoms with Gasteiger partial charge >= 0.3 is 0 Å². The molecule has 1 aliphatic heterocycles. The number of hydrogen-bond acceptors (Lipinski definition) is 3. The molecule has 1 fully saturated rings. The van der Waals surface area contributed by atoms with Gasteiger partial charge in [-0.25, -0.2) is 0 Å². The lowest BCUT2D eigenvalue weighted by atomic mass is 9.99. The molecule has 0 aliphatic carbocycles. The Morgan fingerprint density at radius 3 is 2.86 bits per heavy atom. The Morgan fingerprint density at radius 1 is 1.43 bits per heavy atom. The number of aliphatic hydroxyl groups is 1. The predicted octanol–water partition coefficient (Wildman–Crippen LogP) is 2.09. The quantitative estimate of drug-likeness (QED) is 0.837. The average Bonchev–Trinajstić information content (AvgIpc) is 2.51. The van der Waals surface area contributed by atoms with Crippen molar-refractivity contribution in [3.63, 3.8) is 0 Å². The summed E-state index contributed by atoms with van der Waals surface area (Å²) in [6.07, 6.45) is 2.05. The first-order chi connectivity index (χ1) is 10.2. The van der Waals surface area contributed by atoms with Crippen molar-refractivity contribution in [2.75, 3.05) is 25.1 Å². The van der Waals surface area contributed by atoms with Gasteiger partial charge in [0.25, 0.3) is 0 Å². The average molecular weight is 287 g/mol. The molecule has 0 saturated carbocycles. The molecule has 0 radical (unpaired) electrons. The zero-order valence-corrected chi connectivity index (χ0v) is 12.3. The highest BCUT2D eigenvalue weighted by Crippen LogP contribution is 2.20. The van der Waals surface area contributed by atoms with Crippen molar-refractivity contribution in [1.29, 1.82) is 0 Å². The number of rotatable bonds is 3. The summed E-state index contributed by atoms with van der Waals surface area (Å²) < 4.78 is 5.27. The monoisotopic (exact) mass is 287 g/mol. The van der Waals surface area contributed by atoms with Gasteiger partial charge < -0.3 is 15.2 Å². The van der Waals surface area contributed by atoms with E-state index in [4.69, 9.17) is 9.84 Å². The van der Waals surface area contributed by atoms with Gasteiger partial charge in [-0.2, -0.15) is 0 Å². The first-order valence-corrected chi connectivity index (χ1v) is 7.29. The van der Waals surface area contributed by atoms with Crippen LogP contribution in [0.3, 0.4) is 0 Å². The molecule has 1 amide bonds. The highest BCUT2D eigenvalue weighted by atomic mass is 16.5. The molecule has 112 valence electrons. The van der Waals surface area contributed by atoms with Crippen LogP contribution in [-0.2, 0) is 9.53 Å². The number of carbonyl (C=O) groups is 1. The van der Waals surface area contributed by atoms with E-state index >= 15 is 0 Å². The van der Waals surface area contributed by atoms with Gasteiger partial charge in [0.1, 0.15) is 0 Å². The van der Waals surface area contributed by atoms with E-state index in [1.54, 1.807) is 0 Å². The third-order valence-corrected chi connectivity index (χ3v) is 3.55. The van der Waals surface area contributed by atoms with Gasteiger partial charge in [0, 0.05) is 36.8 Å². The van der Waals surface area contributed by atoms with Crippen LogP contribution < -0.4 is 5.32 Å². The van der Waals surface area contributed by atoms with E-state index in [1.165, 1.54) is 0 Å². The van der Waals surface area contributed by atoms with Gasteiger partial charge in [-0.15, -0.1) is 0 Å². The number of ether oxygens (including phenoxy) is 1. The lowest BCUT2D eigenvalue weighted by Crippen LogP contribution is -2.28. The molecular weight excluding hydrogens is 266 g/mol. The molecule has 21 heavy (non-hydrogen) atoms. The first-order valence-electron chi connectivity index (χ1n) is 7.29. The summed E-state index contributed by atoms with van der Waals surface area (Å²) in [5.74, 6) is 5.99. The Labute approximate surface area is 125 Å². The van der Waals surface area contributed by atoms with Crippen molar-refractivity contribution in [2.45, 2.75) is 26.2 Å². The molecule has 1 heterocycles. The summed E-state index contributed by atoms with van der Waals surface area (Å²) in [5.41, 5.74) is 2.72. The van der Waals surface area contributed by atoms with Crippen LogP contribution in [0.25, 0.3) is 0 Å². The normalized spacial score (nSPS) is 15.1. The molecular formula is C17H21NO3. The molecule has 0 atom stereocenters. The van der Waals surface area contributed by atoms with E-state index < -0.39 is 0 Å². The molecule has 0 unspecified atom stereocenters. The van der Waals surface area contributed by atoms with Crippen LogP contribution in [0, 0.1) is 24.7 Å². The van der Waals surface area contributed by atoms with Gasteiger partial charge in [0.05, 0.1) is 6.61 Å². The summed E-state index contributed by atoms with van der Waals surface area (Å²) >= 11 is 0. The van der Waals surface area contributed by atoms with Crippen LogP contribution in [0.2, 0.25) is 0 Å². The Hall–Kier alpha value is -1.83. The zero-order valence-electron chi connectivity index (χ0n) is 12.3. The maximum Gasteiger partial charge on any atom is 0.227 e. The minimum absolute atomic E-state index is 0.0437. The summed E-state index contributed by atoms with van der Waals surface area (Å²) in [5, 5.41) is 11.7. The fraction of sp³-hybridized carbons (Fsp3) is 0.471. The van der Waals surface area contributed by atoms with Crippen molar-refractivity contribution in [3.05, 3.63) is 29.3 Å². The van der Waals surface area contributed by atoms with E-state index in [1.807, 2.05) is 25.1 Å². The van der Waals surface area contributed by atoms with Gasteiger partial charge in [0.15, 0.2) is 0 Å². The second-order valence-electron chi connectivity index (χ2n) is 5.18. The van der Waals surface area contributed by atoms with Gasteiger partial charge in [-0.05, 0) is 43.5 Å². The number of aliphatic hydroxyl groups excluding tert-OH is 1. The topological polar surface area (TPSA) is 58.6 Å². The molecule has 1 aliphatic rings. The SMILES string of the molecule is Cc1cc(C#CCCO)ccc1NC(=O)C1CCOCC1. The van der Waals surface area contributed by atoms with Gasteiger partial charge in [0.2, 0.25) is 5.91 Å². The van der Waals surface area contributed by atoms with E-state index in [2.05, 4.69) is 17.2 Å². The number of hydrogen-bond donors (Lipinski definition) is 2. The lowest BCUT2D eigenvalue weighted by molar-refractivity contribution is -0.122. The van der Waals surface area contributed by atoms with Crippen LogP contribution in [0.5, 0.6) is 0 Å². The third kappa shape index (κ3) is 4.59. The van der Waals surface area contributed by atoms with E-state index in [0.29, 0.717) is 19.6 Å². The fourth-order valence-electron chi connectivity index (χ4n) is 2.30. The van der Waals surface area contributed by atoms with Crippen molar-refractivity contribution in [3.8, 4) is 11.8 Å². The maximum absolute atomic E-state index is 12.2. The van der Waals surface area contributed by atoms with Crippen LogP contribution >= 0.6 is 0 Å². The molecule has 2 rings (SSSR count). The maximum atomic E-state index is 12.2. The summed E-state index contributed by atoms with van der Waals surface area (Å²) in [6.45, 7) is 3.36. The Kier molecular flexibility index (Phi) is 5.79. The van der Waals surface area contributed by atoms with Crippen LogP contribution in [0.15, 0.2) is 18.2 Å². The Morgan fingerprint density at radius 2 is 2.19 bits per heavy atom. The standard InChI is InChI=1S/C17H21NO3/c1-13-12-14(4-2-3-9-19)5-6-16(13)18-17(20)15-7-10-21-11-8-15/h5-6,12,15,19H,3,7-11H2,1H3,(H,18,20). The van der Waals surface area contributed by atoms with E-state index in [9.17, 15) is 4.79 Å². The summed E-state index contributed by atoms with van der Waals surface area (Å²) in [6, 6.07) is 5.72. The van der Waals surface area contributed by atoms with Gasteiger partial charge in [-0.1, -0.05) is 11.8 Å². The lowest BCUT2D eigenvalue weighted by Gasteiger charge is -2.21. The molecule has 4 nitrogen and oxygen atoms in total. The minimum Gasteiger partial charge on any atom is -0.395 e. The van der Waals surface area contributed by atoms with Crippen molar-refractivity contribution in [2.24, 2.45) is 5.92 Å². The summed E-state index contributed by atoms with van der Waals surface area (Å²) in [4.78, 5) is 12.2. The number of aryl methyl sites for hydroxylation is 1. The van der Waals surface area contributed by atoms with Crippen LogP contribution in [0.4, 0.5) is 5.69 Å². The minimum atomic E-state index is 0.0437. The van der Waals surface area contributed by atoms with Crippen molar-refractivity contribution >= 4 is 11.6 Å². The molecule has 0 bridgehead atoms. The molecule has 1 aromatic carbocycles. The highest BCUT2D eigenvalue weighted by Gasteiger charge is 2.21. The second-order valence-corrected chi connectivity index (χ2v) is 5.18. The molecule has 4 heteroatoms. The van der Waals surface area contributed by atoms with Crippen molar-refractivity contribution < 1.29 is 14.6 Å². The molecule has 2 N–H and O–H groups in total. The second kappa shape index (κ2) is 7.82. The smallest absolute Gasteiger partial charge is 0.227 e. The van der Waals surface area contributed by atoms with Crippen LogP contribution in [0.1, 0.15) is 30.4 Å². The molecule has 0 spiro atoms. The molecule has 0 aromatic heterocycles. The highest BCUT2D eigenvalue weighted by molar-refractivity contribution is 5.93. The fourth-order valence-corrected chi connectivity index (χ4v) is 2.30. The number of carbonyl (C=O) groups excluding carboxylic acids is 1. The predicted molar refractivity (Wildman–Crippen MR) is 81.9 cm³/mol. The molecule has 1 aromatic rings. The largest absolute Gasteiger partial charge is 0.395 e. The van der Waals surface area contributed by atoms with Crippen molar-refractivity contribution in [1.82, 2.24) is 0 Å². The van der Waals surface area contributed by atoms with Gasteiger partial charge in [-0.3, -0.25) is 4.79 Å². The first kappa shape index (κ1) is 15.6. The van der Waals surface area contributed by atoms with E-state index in [-0.39, 0.29) is 18.4 Å². The Balaban J connectivity index is 2.00. The third-order valence-electron chi connectivity index (χ3n) is 3.55. The Bertz CT molecular complexity index is 551.